The number of benzene rings is 1. The van der Waals surface area contributed by atoms with Crippen LogP contribution in [0.2, 0.25) is 5.02 Å². The molecule has 6 heteroatoms. The molecule has 0 spiro atoms. The fraction of sp³-hybridized carbons (Fsp3) is 0.143. The quantitative estimate of drug-likeness (QED) is 0.589. The van der Waals surface area contributed by atoms with Crippen molar-refractivity contribution in [2.45, 2.75) is 0 Å². The predicted octanol–water partition coefficient (Wildman–Crippen LogP) is 1.96. The van der Waals surface area contributed by atoms with Crippen LogP contribution in [0.3, 0.4) is 0 Å². The van der Waals surface area contributed by atoms with Crippen molar-refractivity contribution in [1.29, 1.82) is 0 Å². The van der Waals surface area contributed by atoms with Crippen LogP contribution in [0.5, 0.6) is 11.5 Å². The number of halogens is 1. The Labute approximate surface area is 78.7 Å². The van der Waals surface area contributed by atoms with E-state index in [1.54, 1.807) is 0 Å². The number of phenols is 1. The smallest absolute Gasteiger partial charge is 0.314 e. The summed E-state index contributed by atoms with van der Waals surface area (Å²) in [6.07, 6.45) is 0. The SMILES string of the molecule is COc1c([N+](=O)[O-])ccc(Cl)c1O. The molecule has 70 valence electrons. The van der Waals surface area contributed by atoms with E-state index >= 15 is 0 Å². The molecule has 0 amide bonds. The third-order valence-corrected chi connectivity index (χ3v) is 1.77. The van der Waals surface area contributed by atoms with Crippen molar-refractivity contribution < 1.29 is 14.8 Å². The number of hydrogen-bond donors (Lipinski definition) is 1. The summed E-state index contributed by atoms with van der Waals surface area (Å²) in [5.74, 6) is -0.643. The topological polar surface area (TPSA) is 72.6 Å². The maximum Gasteiger partial charge on any atom is 0.314 e. The molecule has 1 aromatic rings. The summed E-state index contributed by atoms with van der Waals surface area (Å²) in [7, 11) is 1.22. The number of methoxy groups -OCH3 is 1. The zero-order valence-corrected chi connectivity index (χ0v) is 7.41. The highest BCUT2D eigenvalue weighted by atomic mass is 35.5. The molecule has 0 saturated heterocycles. The Balaban J connectivity index is 3.38. The van der Waals surface area contributed by atoms with Gasteiger partial charge in [0.2, 0.25) is 5.75 Å². The van der Waals surface area contributed by atoms with Crippen LogP contribution >= 0.6 is 11.6 Å². The highest BCUT2D eigenvalue weighted by molar-refractivity contribution is 6.32. The highest BCUT2D eigenvalue weighted by Crippen LogP contribution is 2.40. The summed E-state index contributed by atoms with van der Waals surface area (Å²) >= 11 is 5.52. The molecule has 1 rings (SSSR count). The maximum absolute atomic E-state index is 10.4. The number of nitrogens with zero attached hydrogens (tertiary/aromatic N) is 1. The van der Waals surface area contributed by atoms with E-state index in [9.17, 15) is 15.2 Å². The van der Waals surface area contributed by atoms with Gasteiger partial charge >= 0.3 is 5.69 Å². The molecule has 1 aromatic carbocycles. The summed E-state index contributed by atoms with van der Waals surface area (Å²) in [4.78, 5) is 9.76. The van der Waals surface area contributed by atoms with Gasteiger partial charge in [-0.1, -0.05) is 11.6 Å². The number of rotatable bonds is 2. The lowest BCUT2D eigenvalue weighted by Gasteiger charge is -2.04. The lowest BCUT2D eigenvalue weighted by molar-refractivity contribution is -0.385. The zero-order valence-electron chi connectivity index (χ0n) is 6.65. The summed E-state index contributed by atoms with van der Waals surface area (Å²) in [5.41, 5.74) is -0.315. The van der Waals surface area contributed by atoms with Crippen molar-refractivity contribution in [1.82, 2.24) is 0 Å². The molecule has 0 aliphatic rings. The van der Waals surface area contributed by atoms with Gasteiger partial charge in [0, 0.05) is 6.07 Å². The Morgan fingerprint density at radius 3 is 2.69 bits per heavy atom. The Bertz CT molecular complexity index is 353. The van der Waals surface area contributed by atoms with Crippen molar-refractivity contribution in [2.24, 2.45) is 0 Å². The minimum atomic E-state index is -0.658. The third-order valence-electron chi connectivity index (χ3n) is 1.46. The second-order valence-corrected chi connectivity index (χ2v) is 2.61. The molecule has 0 bridgehead atoms. The van der Waals surface area contributed by atoms with Crippen molar-refractivity contribution in [3.8, 4) is 11.5 Å². The van der Waals surface area contributed by atoms with Gasteiger partial charge in [-0.25, -0.2) is 0 Å². The predicted molar refractivity (Wildman–Crippen MR) is 46.3 cm³/mol. The van der Waals surface area contributed by atoms with E-state index in [0.29, 0.717) is 0 Å². The number of hydrogen-bond acceptors (Lipinski definition) is 4. The van der Waals surface area contributed by atoms with Gasteiger partial charge in [0.05, 0.1) is 17.1 Å². The minimum Gasteiger partial charge on any atom is -0.503 e. The first-order valence-corrected chi connectivity index (χ1v) is 3.65. The fourth-order valence-corrected chi connectivity index (χ4v) is 1.03. The first-order valence-electron chi connectivity index (χ1n) is 3.27. The van der Waals surface area contributed by atoms with Gasteiger partial charge in [0.1, 0.15) is 0 Å². The molecule has 0 saturated carbocycles. The maximum atomic E-state index is 10.4. The lowest BCUT2D eigenvalue weighted by atomic mass is 10.3. The first kappa shape index (κ1) is 9.60. The van der Waals surface area contributed by atoms with Gasteiger partial charge in [-0.2, -0.15) is 0 Å². The number of ether oxygens (including phenoxy) is 1. The van der Waals surface area contributed by atoms with E-state index < -0.39 is 10.7 Å². The van der Waals surface area contributed by atoms with Crippen LogP contribution in [0.25, 0.3) is 0 Å². The average Bonchev–Trinajstić information content (AvgIpc) is 2.09. The molecule has 0 unspecified atom stereocenters. The van der Waals surface area contributed by atoms with E-state index in [2.05, 4.69) is 4.74 Å². The Hall–Kier alpha value is -1.49. The van der Waals surface area contributed by atoms with E-state index in [0.717, 1.165) is 0 Å². The third kappa shape index (κ3) is 1.65. The van der Waals surface area contributed by atoms with Crippen LogP contribution in [0.4, 0.5) is 5.69 Å². The van der Waals surface area contributed by atoms with E-state index in [1.165, 1.54) is 19.2 Å². The summed E-state index contributed by atoms with van der Waals surface area (Å²) in [6.45, 7) is 0. The van der Waals surface area contributed by atoms with Gasteiger partial charge in [0.15, 0.2) is 5.75 Å². The van der Waals surface area contributed by atoms with Gasteiger partial charge in [-0.3, -0.25) is 10.1 Å². The molecule has 0 aliphatic heterocycles. The van der Waals surface area contributed by atoms with Gasteiger partial charge in [-0.05, 0) is 6.07 Å². The summed E-state index contributed by atoms with van der Waals surface area (Å²) in [5, 5.41) is 19.7. The molecular formula is C7H6ClNO4. The van der Waals surface area contributed by atoms with Gasteiger partial charge < -0.3 is 9.84 Å². The molecule has 0 aromatic heterocycles. The molecular weight excluding hydrogens is 198 g/mol. The van der Waals surface area contributed by atoms with Crippen molar-refractivity contribution >= 4 is 17.3 Å². The fourth-order valence-electron chi connectivity index (χ4n) is 0.882. The van der Waals surface area contributed by atoms with Crippen LogP contribution < -0.4 is 4.74 Å². The monoisotopic (exact) mass is 203 g/mol. The average molecular weight is 204 g/mol. The van der Waals surface area contributed by atoms with Gasteiger partial charge in [-0.15, -0.1) is 0 Å². The van der Waals surface area contributed by atoms with Crippen LogP contribution in [0, 0.1) is 10.1 Å². The Morgan fingerprint density at radius 1 is 1.62 bits per heavy atom. The van der Waals surface area contributed by atoms with E-state index in [1.807, 2.05) is 0 Å². The molecule has 0 heterocycles. The van der Waals surface area contributed by atoms with Crippen molar-refractivity contribution in [3.63, 3.8) is 0 Å². The summed E-state index contributed by atoms with van der Waals surface area (Å²) < 4.78 is 4.64. The zero-order chi connectivity index (χ0) is 10.0. The van der Waals surface area contributed by atoms with E-state index in [4.69, 9.17) is 11.6 Å². The number of nitro benzene ring substituents is 1. The van der Waals surface area contributed by atoms with Crippen LogP contribution in [0.15, 0.2) is 12.1 Å². The number of nitro groups is 1. The molecule has 5 nitrogen and oxygen atoms in total. The van der Waals surface area contributed by atoms with Crippen LogP contribution in [-0.4, -0.2) is 17.1 Å². The van der Waals surface area contributed by atoms with E-state index in [-0.39, 0.29) is 16.5 Å². The van der Waals surface area contributed by atoms with Gasteiger partial charge in [0.25, 0.3) is 0 Å². The lowest BCUT2D eigenvalue weighted by Crippen LogP contribution is -1.93. The standard InChI is InChI=1S/C7H6ClNO4/c1-13-7-5(9(11)12)3-2-4(8)6(7)10/h2-3,10H,1H3. The van der Waals surface area contributed by atoms with Crippen molar-refractivity contribution in [2.75, 3.05) is 7.11 Å². The molecule has 0 atom stereocenters. The molecule has 1 N–H and O–H groups in total. The second-order valence-electron chi connectivity index (χ2n) is 2.21. The minimum absolute atomic E-state index is 0.0162. The molecule has 13 heavy (non-hydrogen) atoms. The molecule has 0 aliphatic carbocycles. The van der Waals surface area contributed by atoms with Crippen LogP contribution in [0.1, 0.15) is 0 Å². The highest BCUT2D eigenvalue weighted by Gasteiger charge is 2.20. The Kier molecular flexibility index (Phi) is 2.57. The summed E-state index contributed by atoms with van der Waals surface area (Å²) in [6, 6.07) is 2.40. The number of aromatic hydroxyl groups is 1. The first-order chi connectivity index (χ1) is 6.07. The Morgan fingerprint density at radius 2 is 2.23 bits per heavy atom. The van der Waals surface area contributed by atoms with Crippen LogP contribution in [-0.2, 0) is 0 Å². The number of phenolic OH excluding ortho intramolecular Hbond substituents is 1. The molecule has 0 radical (unpaired) electrons. The normalized spacial score (nSPS) is 9.69. The van der Waals surface area contributed by atoms with Crippen molar-refractivity contribution in [3.05, 3.63) is 27.3 Å². The second kappa shape index (κ2) is 3.49. The molecule has 0 fully saturated rings. The largest absolute Gasteiger partial charge is 0.503 e.